The molecule has 1 heterocycles. The van der Waals surface area contributed by atoms with Gasteiger partial charge in [-0.15, -0.1) is 0 Å². The molecule has 2 nitrogen and oxygen atoms in total. The second kappa shape index (κ2) is 7.30. The van der Waals surface area contributed by atoms with Crippen molar-refractivity contribution < 1.29 is 4.74 Å². The fourth-order valence-electron chi connectivity index (χ4n) is 1.80. The number of pyridine rings is 1. The van der Waals surface area contributed by atoms with E-state index < -0.39 is 0 Å². The van der Waals surface area contributed by atoms with E-state index >= 15 is 0 Å². The summed E-state index contributed by atoms with van der Waals surface area (Å²) in [7, 11) is 0. The molecule has 0 aliphatic carbocycles. The molecule has 1 aromatic heterocycles. The molecule has 0 aliphatic heterocycles. The Morgan fingerprint density at radius 2 is 1.86 bits per heavy atom. The lowest BCUT2D eigenvalue weighted by atomic mass is 10.2. The van der Waals surface area contributed by atoms with Gasteiger partial charge in [0.1, 0.15) is 18.1 Å². The third-order valence-corrected chi connectivity index (χ3v) is 3.14. The van der Waals surface area contributed by atoms with Crippen LogP contribution in [-0.4, -0.2) is 11.6 Å². The van der Waals surface area contributed by atoms with Crippen molar-refractivity contribution in [3.63, 3.8) is 0 Å². The predicted octanol–water partition coefficient (Wildman–Crippen LogP) is 5.43. The Labute approximate surface area is 134 Å². The topological polar surface area (TPSA) is 22.1 Å². The Kier molecular flexibility index (Phi) is 5.43. The molecule has 0 unspecified atom stereocenters. The third kappa shape index (κ3) is 4.62. The molecule has 0 aliphatic rings. The van der Waals surface area contributed by atoms with Crippen LogP contribution in [0.15, 0.2) is 43.0 Å². The second-order valence-corrected chi connectivity index (χ2v) is 5.34. The highest BCUT2D eigenvalue weighted by Gasteiger charge is 2.03. The summed E-state index contributed by atoms with van der Waals surface area (Å²) >= 11 is 12.0. The lowest BCUT2D eigenvalue weighted by molar-refractivity contribution is 0.360. The van der Waals surface area contributed by atoms with Crippen LogP contribution in [0.1, 0.15) is 17.0 Å². The molecule has 108 valence electrons. The van der Waals surface area contributed by atoms with Crippen molar-refractivity contribution in [2.24, 2.45) is 0 Å². The van der Waals surface area contributed by atoms with Crippen molar-refractivity contribution in [1.82, 2.24) is 4.98 Å². The molecule has 0 saturated heterocycles. The first-order valence-corrected chi connectivity index (χ1v) is 7.19. The quantitative estimate of drug-likeness (QED) is 0.685. The Morgan fingerprint density at radius 3 is 2.52 bits per heavy atom. The lowest BCUT2D eigenvalue weighted by Crippen LogP contribution is -1.97. The number of benzene rings is 1. The smallest absolute Gasteiger partial charge is 0.145 e. The van der Waals surface area contributed by atoms with E-state index in [1.807, 2.05) is 43.3 Å². The van der Waals surface area contributed by atoms with Crippen molar-refractivity contribution in [3.05, 3.63) is 70.0 Å². The van der Waals surface area contributed by atoms with Crippen LogP contribution in [0.25, 0.3) is 12.2 Å². The van der Waals surface area contributed by atoms with Crippen molar-refractivity contribution in [3.8, 4) is 5.75 Å². The molecule has 0 radical (unpaired) electrons. The minimum Gasteiger partial charge on any atom is -0.487 e. The number of aryl methyl sites for hydroxylation is 1. The second-order valence-electron chi connectivity index (χ2n) is 4.47. The van der Waals surface area contributed by atoms with Gasteiger partial charge in [-0.05, 0) is 48.9 Å². The molecule has 0 atom stereocenters. The van der Waals surface area contributed by atoms with Crippen LogP contribution < -0.4 is 4.74 Å². The number of ether oxygens (including phenoxy) is 1. The van der Waals surface area contributed by atoms with Crippen LogP contribution >= 0.6 is 23.2 Å². The molecule has 0 fully saturated rings. The third-order valence-electron chi connectivity index (χ3n) is 2.70. The Morgan fingerprint density at radius 1 is 1.14 bits per heavy atom. The number of aromatic nitrogens is 1. The maximum absolute atomic E-state index is 5.99. The summed E-state index contributed by atoms with van der Waals surface area (Å²) in [6.07, 6.45) is 5.48. The summed E-state index contributed by atoms with van der Waals surface area (Å²) in [6.45, 7) is 6.02. The number of nitrogens with zero attached hydrogens (tertiary/aromatic N) is 1. The van der Waals surface area contributed by atoms with Gasteiger partial charge in [-0.1, -0.05) is 41.9 Å². The summed E-state index contributed by atoms with van der Waals surface area (Å²) in [5, 5.41) is 1.20. The average Bonchev–Trinajstić information content (AvgIpc) is 2.43. The molecular formula is C17H15Cl2NO. The average molecular weight is 320 g/mol. The lowest BCUT2D eigenvalue weighted by Gasteiger charge is -2.07. The van der Waals surface area contributed by atoms with E-state index in [1.54, 1.807) is 12.1 Å². The molecule has 21 heavy (non-hydrogen) atoms. The van der Waals surface area contributed by atoms with Gasteiger partial charge in [0.05, 0.1) is 0 Å². The molecule has 2 aromatic rings. The van der Waals surface area contributed by atoms with Gasteiger partial charge in [-0.3, -0.25) is 0 Å². The van der Waals surface area contributed by atoms with Gasteiger partial charge in [0.2, 0.25) is 0 Å². The van der Waals surface area contributed by atoms with Gasteiger partial charge in [-0.25, -0.2) is 4.98 Å². The van der Waals surface area contributed by atoms with Crippen LogP contribution in [0.2, 0.25) is 10.0 Å². The Bertz CT molecular complexity index is 660. The molecule has 0 spiro atoms. The highest BCUT2D eigenvalue weighted by molar-refractivity contribution is 6.34. The number of rotatable bonds is 5. The highest BCUT2D eigenvalue weighted by atomic mass is 35.5. The Hall–Kier alpha value is -1.77. The van der Waals surface area contributed by atoms with E-state index in [-0.39, 0.29) is 0 Å². The molecule has 4 heteroatoms. The SMILES string of the molecule is C=CCOc1ccc(C)nc1/C=C/c1cc(Cl)cc(Cl)c1. The summed E-state index contributed by atoms with van der Waals surface area (Å²) < 4.78 is 5.59. The maximum Gasteiger partial charge on any atom is 0.145 e. The number of hydrogen-bond acceptors (Lipinski definition) is 2. The first-order chi connectivity index (χ1) is 10.1. The number of hydrogen-bond donors (Lipinski definition) is 0. The van der Waals surface area contributed by atoms with E-state index in [0.29, 0.717) is 22.4 Å². The van der Waals surface area contributed by atoms with Crippen molar-refractivity contribution in [2.75, 3.05) is 6.61 Å². The molecule has 0 bridgehead atoms. The van der Waals surface area contributed by atoms with Crippen LogP contribution in [0, 0.1) is 6.92 Å². The van der Waals surface area contributed by atoms with E-state index in [9.17, 15) is 0 Å². The minimum atomic E-state index is 0.439. The maximum atomic E-state index is 5.99. The molecule has 1 aromatic carbocycles. The standard InChI is InChI=1S/C17H15Cl2NO/c1-3-8-21-17-7-4-12(2)20-16(17)6-5-13-9-14(18)11-15(19)10-13/h3-7,9-11H,1,8H2,2H3/b6-5+. The molecule has 0 saturated carbocycles. The van der Waals surface area contributed by atoms with E-state index in [4.69, 9.17) is 27.9 Å². The summed E-state index contributed by atoms with van der Waals surface area (Å²) in [5.74, 6) is 0.713. The fourth-order valence-corrected chi connectivity index (χ4v) is 2.34. The van der Waals surface area contributed by atoms with Crippen LogP contribution in [-0.2, 0) is 0 Å². The largest absolute Gasteiger partial charge is 0.487 e. The normalized spacial score (nSPS) is 10.8. The molecule has 2 rings (SSSR count). The van der Waals surface area contributed by atoms with Crippen molar-refractivity contribution >= 4 is 35.4 Å². The van der Waals surface area contributed by atoms with Crippen LogP contribution in [0.5, 0.6) is 5.75 Å². The van der Waals surface area contributed by atoms with Gasteiger partial charge < -0.3 is 4.74 Å². The van der Waals surface area contributed by atoms with Crippen molar-refractivity contribution in [1.29, 1.82) is 0 Å². The number of halogens is 2. The Balaban J connectivity index is 2.30. The van der Waals surface area contributed by atoms with Gasteiger partial charge in [0.15, 0.2) is 0 Å². The van der Waals surface area contributed by atoms with Crippen molar-refractivity contribution in [2.45, 2.75) is 6.92 Å². The van der Waals surface area contributed by atoms with Gasteiger partial charge in [-0.2, -0.15) is 0 Å². The molecule has 0 amide bonds. The summed E-state index contributed by atoms with van der Waals surface area (Å²) in [4.78, 5) is 4.47. The van der Waals surface area contributed by atoms with Gasteiger partial charge in [0, 0.05) is 15.7 Å². The fraction of sp³-hybridized carbons (Fsp3) is 0.118. The zero-order valence-electron chi connectivity index (χ0n) is 11.6. The van der Waals surface area contributed by atoms with Gasteiger partial charge >= 0.3 is 0 Å². The minimum absolute atomic E-state index is 0.439. The predicted molar refractivity (Wildman–Crippen MR) is 90.1 cm³/mol. The summed E-state index contributed by atoms with van der Waals surface area (Å²) in [5.41, 5.74) is 2.59. The first kappa shape index (κ1) is 15.6. The van der Waals surface area contributed by atoms with Gasteiger partial charge in [0.25, 0.3) is 0 Å². The first-order valence-electron chi connectivity index (χ1n) is 6.44. The molecular weight excluding hydrogens is 305 g/mol. The van der Waals surface area contributed by atoms with E-state index in [0.717, 1.165) is 17.0 Å². The van der Waals surface area contributed by atoms with E-state index in [2.05, 4.69) is 11.6 Å². The van der Waals surface area contributed by atoms with Crippen LogP contribution in [0.4, 0.5) is 0 Å². The van der Waals surface area contributed by atoms with Crippen LogP contribution in [0.3, 0.4) is 0 Å². The van der Waals surface area contributed by atoms with E-state index in [1.165, 1.54) is 0 Å². The summed E-state index contributed by atoms with van der Waals surface area (Å²) in [6, 6.07) is 9.18. The zero-order chi connectivity index (χ0) is 15.2. The highest BCUT2D eigenvalue weighted by Crippen LogP contribution is 2.23. The molecule has 0 N–H and O–H groups in total. The zero-order valence-corrected chi connectivity index (χ0v) is 13.2. The monoisotopic (exact) mass is 319 g/mol.